The van der Waals surface area contributed by atoms with Crippen molar-refractivity contribution < 1.29 is 10.2 Å². The molecule has 20 heavy (non-hydrogen) atoms. The number of hydrogen-bond donors (Lipinski definition) is 2. The van der Waals surface area contributed by atoms with Crippen LogP contribution >= 0.6 is 21.6 Å². The van der Waals surface area contributed by atoms with Gasteiger partial charge in [-0.1, -0.05) is 33.7 Å². The van der Waals surface area contributed by atoms with Gasteiger partial charge >= 0.3 is 0 Å². The number of phenolic OH excluding ortho intramolecular Hbond substituents is 2. The van der Waals surface area contributed by atoms with E-state index in [9.17, 15) is 10.2 Å². The van der Waals surface area contributed by atoms with E-state index in [1.165, 1.54) is 0 Å². The van der Waals surface area contributed by atoms with Crippen LogP contribution in [0.3, 0.4) is 0 Å². The Morgan fingerprint density at radius 3 is 1.35 bits per heavy atom. The maximum Gasteiger partial charge on any atom is 0.122 e. The van der Waals surface area contributed by atoms with Crippen LogP contribution in [0.25, 0.3) is 0 Å². The van der Waals surface area contributed by atoms with Gasteiger partial charge in [0.1, 0.15) is 11.5 Å². The van der Waals surface area contributed by atoms with Crippen LogP contribution in [0.15, 0.2) is 34.1 Å². The highest BCUT2D eigenvalue weighted by molar-refractivity contribution is 8.76. The molecule has 2 N–H and O–H groups in total. The molecule has 2 aromatic carbocycles. The molecule has 0 aliphatic carbocycles. The molecule has 0 saturated heterocycles. The van der Waals surface area contributed by atoms with Gasteiger partial charge in [-0.3, -0.25) is 0 Å². The van der Waals surface area contributed by atoms with E-state index in [4.69, 9.17) is 0 Å². The molecule has 0 saturated carbocycles. The highest BCUT2D eigenvalue weighted by Gasteiger charge is 2.10. The van der Waals surface area contributed by atoms with Gasteiger partial charge in [-0.05, 0) is 51.0 Å². The molecular formula is C16H18O2S2. The van der Waals surface area contributed by atoms with Gasteiger partial charge in [-0.2, -0.15) is 0 Å². The van der Waals surface area contributed by atoms with Gasteiger partial charge in [0.15, 0.2) is 0 Å². The summed E-state index contributed by atoms with van der Waals surface area (Å²) in [7, 11) is 3.19. The lowest BCUT2D eigenvalue weighted by molar-refractivity contribution is 0.464. The van der Waals surface area contributed by atoms with Gasteiger partial charge in [0, 0.05) is 20.9 Å². The summed E-state index contributed by atoms with van der Waals surface area (Å²) in [5.41, 5.74) is 3.58. The molecule has 0 atom stereocenters. The largest absolute Gasteiger partial charge is 0.507 e. The Balaban J connectivity index is 2.22. The van der Waals surface area contributed by atoms with Crippen molar-refractivity contribution in [3.63, 3.8) is 0 Å². The molecule has 0 fully saturated rings. The zero-order valence-electron chi connectivity index (χ0n) is 12.0. The van der Waals surface area contributed by atoms with Crippen LogP contribution in [0.5, 0.6) is 11.5 Å². The third-order valence-electron chi connectivity index (χ3n) is 3.39. The minimum absolute atomic E-state index is 0.360. The minimum Gasteiger partial charge on any atom is -0.507 e. The SMILES string of the molecule is Cc1ccc(SSc2ccc(C)c(O)c2C)c(C)c1O. The third-order valence-corrected chi connectivity index (χ3v) is 6.04. The number of phenols is 2. The Morgan fingerprint density at radius 1 is 0.650 bits per heavy atom. The summed E-state index contributed by atoms with van der Waals surface area (Å²) in [5, 5.41) is 19.9. The second kappa shape index (κ2) is 6.02. The fraction of sp³-hybridized carbons (Fsp3) is 0.250. The van der Waals surface area contributed by atoms with Crippen LogP contribution in [-0.4, -0.2) is 10.2 Å². The molecule has 2 rings (SSSR count). The van der Waals surface area contributed by atoms with Crippen LogP contribution < -0.4 is 0 Å². The van der Waals surface area contributed by atoms with E-state index in [0.29, 0.717) is 11.5 Å². The van der Waals surface area contributed by atoms with Gasteiger partial charge < -0.3 is 10.2 Å². The van der Waals surface area contributed by atoms with Gasteiger partial charge in [0.05, 0.1) is 0 Å². The Labute approximate surface area is 127 Å². The Morgan fingerprint density at radius 2 is 1.00 bits per heavy atom. The van der Waals surface area contributed by atoms with E-state index in [0.717, 1.165) is 32.0 Å². The molecule has 0 aliphatic heterocycles. The zero-order chi connectivity index (χ0) is 14.9. The van der Waals surface area contributed by atoms with Crippen molar-refractivity contribution >= 4 is 21.6 Å². The summed E-state index contributed by atoms with van der Waals surface area (Å²) in [6, 6.07) is 7.88. The summed E-state index contributed by atoms with van der Waals surface area (Å²) >= 11 is 0. The zero-order valence-corrected chi connectivity index (χ0v) is 13.7. The highest BCUT2D eigenvalue weighted by Crippen LogP contribution is 2.44. The van der Waals surface area contributed by atoms with Crippen LogP contribution in [-0.2, 0) is 0 Å². The standard InChI is InChI=1S/C16H18O2S2/c1-9-5-7-13(11(3)15(9)17)19-20-14-8-6-10(2)16(18)12(14)4/h5-8,17-18H,1-4H3. The van der Waals surface area contributed by atoms with Crippen molar-refractivity contribution in [1.82, 2.24) is 0 Å². The smallest absolute Gasteiger partial charge is 0.122 e. The maximum absolute atomic E-state index is 9.96. The summed E-state index contributed by atoms with van der Waals surface area (Å²) < 4.78 is 0. The van der Waals surface area contributed by atoms with Gasteiger partial charge in [0.25, 0.3) is 0 Å². The molecular weight excluding hydrogens is 288 g/mol. The number of aryl methyl sites for hydroxylation is 2. The molecule has 0 amide bonds. The van der Waals surface area contributed by atoms with Gasteiger partial charge in [-0.15, -0.1) is 0 Å². The molecule has 4 heteroatoms. The summed E-state index contributed by atoms with van der Waals surface area (Å²) in [4.78, 5) is 2.08. The van der Waals surface area contributed by atoms with Crippen LogP contribution in [0.2, 0.25) is 0 Å². The number of rotatable bonds is 3. The van der Waals surface area contributed by atoms with E-state index in [-0.39, 0.29) is 0 Å². The van der Waals surface area contributed by atoms with Crippen molar-refractivity contribution in [2.24, 2.45) is 0 Å². The summed E-state index contributed by atoms with van der Waals surface area (Å²) in [5.74, 6) is 0.721. The van der Waals surface area contributed by atoms with Crippen molar-refractivity contribution in [3.8, 4) is 11.5 Å². The van der Waals surface area contributed by atoms with Crippen molar-refractivity contribution in [2.45, 2.75) is 37.5 Å². The summed E-state index contributed by atoms with van der Waals surface area (Å²) in [6.45, 7) is 7.63. The van der Waals surface area contributed by atoms with E-state index in [1.54, 1.807) is 21.6 Å². The highest BCUT2D eigenvalue weighted by atomic mass is 33.1. The monoisotopic (exact) mass is 306 g/mol. The molecule has 0 heterocycles. The second-order valence-corrected chi connectivity index (χ2v) is 7.09. The molecule has 0 spiro atoms. The average molecular weight is 306 g/mol. The van der Waals surface area contributed by atoms with Crippen LogP contribution in [0.1, 0.15) is 22.3 Å². The molecule has 106 valence electrons. The molecule has 0 aromatic heterocycles. The topological polar surface area (TPSA) is 40.5 Å². The van der Waals surface area contributed by atoms with Gasteiger partial charge in [0.2, 0.25) is 0 Å². The second-order valence-electron chi connectivity index (χ2n) is 4.88. The maximum atomic E-state index is 9.96. The van der Waals surface area contributed by atoms with Crippen LogP contribution in [0.4, 0.5) is 0 Å². The molecule has 2 nitrogen and oxygen atoms in total. The van der Waals surface area contributed by atoms with E-state index >= 15 is 0 Å². The number of benzene rings is 2. The fourth-order valence-electron chi connectivity index (χ4n) is 1.90. The van der Waals surface area contributed by atoms with Crippen molar-refractivity contribution in [2.75, 3.05) is 0 Å². The lowest BCUT2D eigenvalue weighted by Crippen LogP contribution is -1.85. The fourth-order valence-corrected chi connectivity index (χ4v) is 4.40. The predicted octanol–water partition coefficient (Wildman–Crippen LogP) is 5.13. The van der Waals surface area contributed by atoms with Crippen molar-refractivity contribution in [1.29, 1.82) is 0 Å². The van der Waals surface area contributed by atoms with E-state index in [1.807, 2.05) is 52.0 Å². The first-order valence-corrected chi connectivity index (χ1v) is 8.49. The predicted molar refractivity (Wildman–Crippen MR) is 86.9 cm³/mol. The molecule has 0 bridgehead atoms. The number of aromatic hydroxyl groups is 2. The Kier molecular flexibility index (Phi) is 4.55. The normalized spacial score (nSPS) is 10.8. The summed E-state index contributed by atoms with van der Waals surface area (Å²) in [6.07, 6.45) is 0. The first kappa shape index (κ1) is 15.1. The lowest BCUT2D eigenvalue weighted by atomic mass is 10.1. The Bertz CT molecular complexity index is 594. The quantitative estimate of drug-likeness (QED) is 0.771. The lowest BCUT2D eigenvalue weighted by Gasteiger charge is -2.11. The van der Waals surface area contributed by atoms with Crippen molar-refractivity contribution in [3.05, 3.63) is 46.5 Å². The van der Waals surface area contributed by atoms with Gasteiger partial charge in [-0.25, -0.2) is 0 Å². The first-order chi connectivity index (χ1) is 9.41. The third kappa shape index (κ3) is 2.91. The molecule has 0 aliphatic rings. The van der Waals surface area contributed by atoms with Crippen LogP contribution in [0, 0.1) is 27.7 Å². The van der Waals surface area contributed by atoms with E-state index < -0.39 is 0 Å². The first-order valence-electron chi connectivity index (χ1n) is 6.34. The number of hydrogen-bond acceptors (Lipinski definition) is 4. The molecule has 2 aromatic rings. The molecule has 0 unspecified atom stereocenters. The average Bonchev–Trinajstić information content (AvgIpc) is 2.43. The van der Waals surface area contributed by atoms with E-state index in [2.05, 4.69) is 0 Å². The minimum atomic E-state index is 0.360. The molecule has 0 radical (unpaired) electrons. The Hall–Kier alpha value is -1.26.